The summed E-state index contributed by atoms with van der Waals surface area (Å²) in [4.78, 5) is 40.7. The van der Waals surface area contributed by atoms with E-state index in [0.29, 0.717) is 24.2 Å². The quantitative estimate of drug-likeness (QED) is 0.813. The van der Waals surface area contributed by atoms with Crippen LogP contribution < -0.4 is 5.32 Å². The number of imide groups is 1. The predicted molar refractivity (Wildman–Crippen MR) is 92.5 cm³/mol. The Bertz CT molecular complexity index is 669. The van der Waals surface area contributed by atoms with E-state index >= 15 is 0 Å². The lowest BCUT2D eigenvalue weighted by Crippen LogP contribution is -2.50. The van der Waals surface area contributed by atoms with Gasteiger partial charge in [-0.25, -0.2) is 0 Å². The van der Waals surface area contributed by atoms with Crippen molar-refractivity contribution in [2.75, 3.05) is 26.2 Å². The highest BCUT2D eigenvalue weighted by Gasteiger charge is 2.41. The van der Waals surface area contributed by atoms with Crippen molar-refractivity contribution in [3.8, 4) is 0 Å². The molecule has 0 aliphatic carbocycles. The molecule has 3 rings (SSSR count). The number of rotatable bonds is 2. The molecule has 2 heterocycles. The van der Waals surface area contributed by atoms with Crippen molar-refractivity contribution in [3.05, 3.63) is 34.9 Å². The molecule has 0 saturated carbocycles. The number of amides is 3. The van der Waals surface area contributed by atoms with Gasteiger partial charge in [-0.1, -0.05) is 11.6 Å². The zero-order valence-corrected chi connectivity index (χ0v) is 14.7. The largest absolute Gasteiger partial charge is 0.340 e. The highest BCUT2D eigenvalue weighted by atomic mass is 35.5. The van der Waals surface area contributed by atoms with Crippen molar-refractivity contribution in [2.45, 2.75) is 26.3 Å². The highest BCUT2D eigenvalue weighted by Crippen LogP contribution is 2.26. The van der Waals surface area contributed by atoms with Crippen molar-refractivity contribution in [1.29, 1.82) is 0 Å². The first-order valence-corrected chi connectivity index (χ1v) is 7.99. The van der Waals surface area contributed by atoms with E-state index in [0.717, 1.165) is 30.0 Å². The normalized spacial score (nSPS) is 18.8. The zero-order chi connectivity index (χ0) is 16.6. The van der Waals surface area contributed by atoms with E-state index in [2.05, 4.69) is 5.32 Å². The number of nitrogens with one attached hydrogen (secondary N) is 1. The molecule has 1 saturated heterocycles. The van der Waals surface area contributed by atoms with E-state index in [-0.39, 0.29) is 30.1 Å². The number of benzene rings is 1. The smallest absolute Gasteiger partial charge is 0.262 e. The first-order valence-electron chi connectivity index (χ1n) is 7.99. The minimum atomic E-state index is -0.777. The maximum Gasteiger partial charge on any atom is 0.262 e. The lowest BCUT2D eigenvalue weighted by atomic mass is 10.1. The molecular weight excluding hydrogens is 330 g/mol. The standard InChI is InChI=1S/C17H21N3O3.ClH/c1-11-4-5-13-14(10-11)17(23)20(16(13)22)12(2)15(21)19-8-3-6-18-7-9-19;/h4-5,10,12,18H,3,6-9H2,1-2H3;1H. The molecular formula is C17H22ClN3O3. The Hall–Kier alpha value is -1.92. The van der Waals surface area contributed by atoms with Gasteiger partial charge >= 0.3 is 0 Å². The third-order valence-corrected chi connectivity index (χ3v) is 4.47. The fourth-order valence-electron chi connectivity index (χ4n) is 3.17. The molecule has 3 amide bonds. The molecule has 0 spiro atoms. The van der Waals surface area contributed by atoms with Crippen LogP contribution in [0.1, 0.15) is 39.6 Å². The van der Waals surface area contributed by atoms with Crippen molar-refractivity contribution in [1.82, 2.24) is 15.1 Å². The summed E-state index contributed by atoms with van der Waals surface area (Å²) in [6, 6.07) is 4.40. The summed E-state index contributed by atoms with van der Waals surface area (Å²) >= 11 is 0. The fraction of sp³-hybridized carbons (Fsp3) is 0.471. The Morgan fingerprint density at radius 3 is 2.58 bits per heavy atom. The van der Waals surface area contributed by atoms with Gasteiger partial charge in [-0.2, -0.15) is 0 Å². The first-order chi connectivity index (χ1) is 11.0. The van der Waals surface area contributed by atoms with Gasteiger partial charge in [0.05, 0.1) is 11.1 Å². The molecule has 7 heteroatoms. The molecule has 1 N–H and O–H groups in total. The van der Waals surface area contributed by atoms with Gasteiger partial charge < -0.3 is 10.2 Å². The molecule has 0 radical (unpaired) electrons. The summed E-state index contributed by atoms with van der Waals surface area (Å²) in [6.07, 6.45) is 0.875. The summed E-state index contributed by atoms with van der Waals surface area (Å²) in [5.74, 6) is -0.916. The molecule has 1 atom stereocenters. The van der Waals surface area contributed by atoms with E-state index in [9.17, 15) is 14.4 Å². The van der Waals surface area contributed by atoms with Crippen LogP contribution >= 0.6 is 12.4 Å². The Kier molecular flexibility index (Phi) is 5.62. The number of fused-ring (bicyclic) bond motifs is 1. The lowest BCUT2D eigenvalue weighted by molar-refractivity contribution is -0.134. The Labute approximate surface area is 147 Å². The van der Waals surface area contributed by atoms with Crippen molar-refractivity contribution in [3.63, 3.8) is 0 Å². The van der Waals surface area contributed by atoms with Gasteiger partial charge in [-0.3, -0.25) is 19.3 Å². The number of carbonyl (C=O) groups excluding carboxylic acids is 3. The Morgan fingerprint density at radius 1 is 1.12 bits per heavy atom. The first kappa shape index (κ1) is 18.4. The van der Waals surface area contributed by atoms with Crippen LogP contribution in [0, 0.1) is 6.92 Å². The number of hydrogen-bond acceptors (Lipinski definition) is 4. The SMILES string of the molecule is Cc1ccc2c(c1)C(=O)N(C(C)C(=O)N1CCCNCC1)C2=O.Cl. The number of nitrogens with zero attached hydrogens (tertiary/aromatic N) is 2. The van der Waals surface area contributed by atoms with Crippen molar-refractivity contribution in [2.24, 2.45) is 0 Å². The molecule has 1 aromatic carbocycles. The van der Waals surface area contributed by atoms with Crippen LogP contribution in [-0.4, -0.2) is 59.7 Å². The minimum absolute atomic E-state index is 0. The summed E-state index contributed by atoms with van der Waals surface area (Å²) < 4.78 is 0. The lowest BCUT2D eigenvalue weighted by Gasteiger charge is -2.28. The van der Waals surface area contributed by atoms with E-state index in [4.69, 9.17) is 0 Å². The maximum absolute atomic E-state index is 12.7. The second-order valence-corrected chi connectivity index (χ2v) is 6.13. The third kappa shape index (κ3) is 3.16. The van der Waals surface area contributed by atoms with E-state index < -0.39 is 6.04 Å². The van der Waals surface area contributed by atoms with Crippen molar-refractivity contribution >= 4 is 30.1 Å². The molecule has 6 nitrogen and oxygen atoms in total. The van der Waals surface area contributed by atoms with Gasteiger partial charge in [0.25, 0.3) is 11.8 Å². The topological polar surface area (TPSA) is 69.7 Å². The predicted octanol–water partition coefficient (Wildman–Crippen LogP) is 1.22. The average Bonchev–Trinajstić information content (AvgIpc) is 2.74. The molecule has 2 aliphatic rings. The number of halogens is 1. The van der Waals surface area contributed by atoms with Crippen LogP contribution in [0.5, 0.6) is 0 Å². The molecule has 2 aliphatic heterocycles. The van der Waals surface area contributed by atoms with E-state index in [1.54, 1.807) is 30.0 Å². The van der Waals surface area contributed by atoms with Gasteiger partial charge in [-0.05, 0) is 38.9 Å². The van der Waals surface area contributed by atoms with Gasteiger partial charge in [0.15, 0.2) is 0 Å². The van der Waals surface area contributed by atoms with Crippen molar-refractivity contribution < 1.29 is 14.4 Å². The summed E-state index contributed by atoms with van der Waals surface area (Å²) in [7, 11) is 0. The summed E-state index contributed by atoms with van der Waals surface area (Å²) in [5.41, 5.74) is 1.70. The number of carbonyl (C=O) groups is 3. The van der Waals surface area contributed by atoms with E-state index in [1.165, 1.54) is 0 Å². The fourth-order valence-corrected chi connectivity index (χ4v) is 3.17. The minimum Gasteiger partial charge on any atom is -0.340 e. The van der Waals surface area contributed by atoms with E-state index in [1.807, 2.05) is 6.92 Å². The molecule has 0 bridgehead atoms. The second kappa shape index (κ2) is 7.32. The highest BCUT2D eigenvalue weighted by molar-refractivity contribution is 6.22. The monoisotopic (exact) mass is 351 g/mol. The third-order valence-electron chi connectivity index (χ3n) is 4.47. The molecule has 1 aromatic rings. The Balaban J connectivity index is 0.00000208. The van der Waals surface area contributed by atoms with Crippen LogP contribution in [0.15, 0.2) is 18.2 Å². The molecule has 130 valence electrons. The molecule has 0 aromatic heterocycles. The number of hydrogen-bond donors (Lipinski definition) is 1. The van der Waals surface area contributed by atoms with Crippen LogP contribution in [0.25, 0.3) is 0 Å². The maximum atomic E-state index is 12.7. The van der Waals surface area contributed by atoms with Crippen LogP contribution in [-0.2, 0) is 4.79 Å². The van der Waals surface area contributed by atoms with Crippen LogP contribution in [0.2, 0.25) is 0 Å². The molecule has 1 fully saturated rings. The number of aryl methyl sites for hydroxylation is 1. The van der Waals surface area contributed by atoms with Gasteiger partial charge in [0, 0.05) is 19.6 Å². The van der Waals surface area contributed by atoms with Crippen LogP contribution in [0.3, 0.4) is 0 Å². The second-order valence-electron chi connectivity index (χ2n) is 6.13. The van der Waals surface area contributed by atoms with Gasteiger partial charge in [-0.15, -0.1) is 12.4 Å². The zero-order valence-electron chi connectivity index (χ0n) is 13.9. The molecule has 1 unspecified atom stereocenters. The Morgan fingerprint density at radius 2 is 1.83 bits per heavy atom. The summed E-state index contributed by atoms with van der Waals surface area (Å²) in [6.45, 7) is 6.38. The van der Waals surface area contributed by atoms with Gasteiger partial charge in [0.2, 0.25) is 5.91 Å². The molecule has 24 heavy (non-hydrogen) atoms. The van der Waals surface area contributed by atoms with Gasteiger partial charge in [0.1, 0.15) is 6.04 Å². The average molecular weight is 352 g/mol. The van der Waals surface area contributed by atoms with Crippen LogP contribution in [0.4, 0.5) is 0 Å². The summed E-state index contributed by atoms with van der Waals surface area (Å²) in [5, 5.41) is 3.24.